The highest BCUT2D eigenvalue weighted by molar-refractivity contribution is 7.98. The first-order valence-corrected chi connectivity index (χ1v) is 7.43. The van der Waals surface area contributed by atoms with Crippen molar-refractivity contribution < 1.29 is 9.53 Å². The van der Waals surface area contributed by atoms with Crippen LogP contribution in [0.25, 0.3) is 0 Å². The van der Waals surface area contributed by atoms with Gasteiger partial charge in [-0.15, -0.1) is 0 Å². The van der Waals surface area contributed by atoms with Crippen LogP contribution in [0, 0.1) is 0 Å². The van der Waals surface area contributed by atoms with Gasteiger partial charge in [-0.2, -0.15) is 11.8 Å². The molecule has 2 nitrogen and oxygen atoms in total. The average Bonchev–Trinajstić information content (AvgIpc) is 2.37. The molecule has 0 saturated carbocycles. The SMILES string of the molecule is CSCCC(=O)CC1CCOc2ccccc21. The molecule has 1 atom stereocenters. The zero-order chi connectivity index (χ0) is 12.1. The van der Waals surface area contributed by atoms with E-state index in [9.17, 15) is 4.79 Å². The number of hydrogen-bond donors (Lipinski definition) is 0. The van der Waals surface area contributed by atoms with Crippen molar-refractivity contribution in [2.75, 3.05) is 18.6 Å². The predicted molar refractivity (Wildman–Crippen MR) is 71.9 cm³/mol. The molecule has 1 aliphatic heterocycles. The first-order valence-electron chi connectivity index (χ1n) is 6.03. The van der Waals surface area contributed by atoms with Crippen LogP contribution in [-0.2, 0) is 4.79 Å². The van der Waals surface area contributed by atoms with Gasteiger partial charge in [0.1, 0.15) is 11.5 Å². The van der Waals surface area contributed by atoms with E-state index in [1.54, 1.807) is 11.8 Å². The highest BCUT2D eigenvalue weighted by Gasteiger charge is 2.22. The molecule has 0 aromatic heterocycles. The lowest BCUT2D eigenvalue weighted by Gasteiger charge is -2.25. The fourth-order valence-corrected chi connectivity index (χ4v) is 2.65. The Kier molecular flexibility index (Phi) is 4.49. The van der Waals surface area contributed by atoms with E-state index in [0.29, 0.717) is 24.5 Å². The summed E-state index contributed by atoms with van der Waals surface area (Å²) in [7, 11) is 0. The molecule has 0 radical (unpaired) electrons. The van der Waals surface area contributed by atoms with Crippen LogP contribution >= 0.6 is 11.8 Å². The van der Waals surface area contributed by atoms with E-state index in [1.807, 2.05) is 24.5 Å². The number of carbonyl (C=O) groups is 1. The molecule has 1 heterocycles. The quantitative estimate of drug-likeness (QED) is 0.802. The molecule has 2 rings (SSSR count). The van der Waals surface area contributed by atoms with E-state index >= 15 is 0 Å². The van der Waals surface area contributed by atoms with Gasteiger partial charge < -0.3 is 4.74 Å². The molecule has 0 spiro atoms. The first kappa shape index (κ1) is 12.5. The molecule has 0 bridgehead atoms. The van der Waals surface area contributed by atoms with Crippen LogP contribution in [0.2, 0.25) is 0 Å². The number of carbonyl (C=O) groups excluding carboxylic acids is 1. The molecule has 0 N–H and O–H groups in total. The summed E-state index contributed by atoms with van der Waals surface area (Å²) in [6.07, 6.45) is 4.36. The summed E-state index contributed by atoms with van der Waals surface area (Å²) in [4.78, 5) is 11.8. The molecule has 1 aromatic rings. The lowest BCUT2D eigenvalue weighted by molar-refractivity contribution is -0.119. The van der Waals surface area contributed by atoms with Gasteiger partial charge in [0.05, 0.1) is 6.61 Å². The normalized spacial score (nSPS) is 18.3. The molecule has 0 aliphatic carbocycles. The van der Waals surface area contributed by atoms with Gasteiger partial charge in [-0.05, 0) is 36.0 Å². The van der Waals surface area contributed by atoms with E-state index < -0.39 is 0 Å². The summed E-state index contributed by atoms with van der Waals surface area (Å²) in [5.41, 5.74) is 1.20. The van der Waals surface area contributed by atoms with Gasteiger partial charge in [-0.1, -0.05) is 18.2 Å². The third-order valence-electron chi connectivity index (χ3n) is 3.14. The van der Waals surface area contributed by atoms with Gasteiger partial charge >= 0.3 is 0 Å². The molecule has 0 amide bonds. The number of thioether (sulfide) groups is 1. The number of fused-ring (bicyclic) bond motifs is 1. The Bertz CT molecular complexity index is 390. The summed E-state index contributed by atoms with van der Waals surface area (Å²) < 4.78 is 5.60. The third-order valence-corrected chi connectivity index (χ3v) is 3.75. The number of ether oxygens (including phenoxy) is 1. The average molecular weight is 250 g/mol. The second-order valence-corrected chi connectivity index (χ2v) is 5.34. The molecule has 17 heavy (non-hydrogen) atoms. The van der Waals surface area contributed by atoms with Crippen LogP contribution in [0.5, 0.6) is 5.75 Å². The second kappa shape index (κ2) is 6.10. The maximum Gasteiger partial charge on any atom is 0.134 e. The number of ketones is 1. The van der Waals surface area contributed by atoms with Crippen LogP contribution in [0.3, 0.4) is 0 Å². The van der Waals surface area contributed by atoms with Crippen LogP contribution in [0.4, 0.5) is 0 Å². The minimum Gasteiger partial charge on any atom is -0.493 e. The van der Waals surface area contributed by atoms with Crippen molar-refractivity contribution in [2.24, 2.45) is 0 Å². The van der Waals surface area contributed by atoms with E-state index in [-0.39, 0.29) is 0 Å². The molecule has 1 unspecified atom stereocenters. The van der Waals surface area contributed by atoms with Crippen molar-refractivity contribution in [1.29, 1.82) is 0 Å². The lowest BCUT2D eigenvalue weighted by Crippen LogP contribution is -2.17. The highest BCUT2D eigenvalue weighted by atomic mass is 32.2. The number of hydrogen-bond acceptors (Lipinski definition) is 3. The molecule has 0 fully saturated rings. The number of rotatable bonds is 5. The lowest BCUT2D eigenvalue weighted by atomic mass is 9.88. The van der Waals surface area contributed by atoms with Crippen LogP contribution in [0.15, 0.2) is 24.3 Å². The van der Waals surface area contributed by atoms with Crippen molar-refractivity contribution in [3.05, 3.63) is 29.8 Å². The number of benzene rings is 1. The van der Waals surface area contributed by atoms with E-state index in [1.165, 1.54) is 5.56 Å². The standard InChI is InChI=1S/C14H18O2S/c1-17-9-7-12(15)10-11-6-8-16-14-5-3-2-4-13(11)14/h2-5,11H,6-10H2,1H3. The maximum atomic E-state index is 11.8. The number of para-hydroxylation sites is 1. The Balaban J connectivity index is 2.01. The monoisotopic (exact) mass is 250 g/mol. The van der Waals surface area contributed by atoms with Crippen molar-refractivity contribution in [1.82, 2.24) is 0 Å². The van der Waals surface area contributed by atoms with E-state index in [4.69, 9.17) is 4.74 Å². The topological polar surface area (TPSA) is 26.3 Å². The zero-order valence-corrected chi connectivity index (χ0v) is 11.0. The van der Waals surface area contributed by atoms with Gasteiger partial charge in [-0.3, -0.25) is 4.79 Å². The van der Waals surface area contributed by atoms with Crippen molar-refractivity contribution in [3.8, 4) is 5.75 Å². The van der Waals surface area contributed by atoms with Crippen LogP contribution in [-0.4, -0.2) is 24.4 Å². The second-order valence-electron chi connectivity index (χ2n) is 4.36. The summed E-state index contributed by atoms with van der Waals surface area (Å²) in [5, 5.41) is 0. The summed E-state index contributed by atoms with van der Waals surface area (Å²) in [6.45, 7) is 0.734. The van der Waals surface area contributed by atoms with E-state index in [0.717, 1.165) is 24.5 Å². The Labute approximate surface area is 107 Å². The smallest absolute Gasteiger partial charge is 0.134 e. The fraction of sp³-hybridized carbons (Fsp3) is 0.500. The Morgan fingerprint density at radius 2 is 2.29 bits per heavy atom. The largest absolute Gasteiger partial charge is 0.493 e. The van der Waals surface area contributed by atoms with Gasteiger partial charge in [-0.25, -0.2) is 0 Å². The van der Waals surface area contributed by atoms with Crippen molar-refractivity contribution in [2.45, 2.75) is 25.2 Å². The van der Waals surface area contributed by atoms with Crippen LogP contribution in [0.1, 0.15) is 30.7 Å². The summed E-state index contributed by atoms with van der Waals surface area (Å²) >= 11 is 1.73. The van der Waals surface area contributed by atoms with E-state index in [2.05, 4.69) is 6.07 Å². The molecule has 0 saturated heterocycles. The summed E-state index contributed by atoms with van der Waals surface area (Å²) in [6, 6.07) is 8.08. The predicted octanol–water partition coefficient (Wildman–Crippen LogP) is 3.27. The Hall–Kier alpha value is -0.960. The van der Waals surface area contributed by atoms with Crippen LogP contribution < -0.4 is 4.74 Å². The zero-order valence-electron chi connectivity index (χ0n) is 10.1. The Morgan fingerprint density at radius 3 is 3.12 bits per heavy atom. The van der Waals surface area contributed by atoms with Gasteiger partial charge in [0, 0.05) is 12.8 Å². The molecular formula is C14H18O2S. The van der Waals surface area contributed by atoms with Gasteiger partial charge in [0.15, 0.2) is 0 Å². The molecule has 92 valence electrons. The van der Waals surface area contributed by atoms with Gasteiger partial charge in [0.25, 0.3) is 0 Å². The highest BCUT2D eigenvalue weighted by Crippen LogP contribution is 2.35. The van der Waals surface area contributed by atoms with Crippen molar-refractivity contribution in [3.63, 3.8) is 0 Å². The number of Topliss-reactive ketones (excluding diaryl/α,β-unsaturated/α-hetero) is 1. The third kappa shape index (κ3) is 3.25. The fourth-order valence-electron chi connectivity index (χ4n) is 2.22. The molecular weight excluding hydrogens is 232 g/mol. The molecule has 1 aliphatic rings. The maximum absolute atomic E-state index is 11.8. The van der Waals surface area contributed by atoms with Crippen molar-refractivity contribution >= 4 is 17.5 Å². The minimum absolute atomic E-state index is 0.356. The van der Waals surface area contributed by atoms with Gasteiger partial charge in [0.2, 0.25) is 0 Å². The Morgan fingerprint density at radius 1 is 1.47 bits per heavy atom. The first-order chi connectivity index (χ1) is 8.31. The summed E-state index contributed by atoms with van der Waals surface area (Å²) in [5.74, 6) is 2.63. The molecule has 1 aromatic carbocycles. The minimum atomic E-state index is 0.356. The molecule has 3 heteroatoms.